The number of carbonyl (C=O) groups excluding carboxylic acids is 1. The molecule has 0 bridgehead atoms. The molecule has 1 aliphatic rings. The first kappa shape index (κ1) is 18.8. The number of halogens is 2. The largest absolute Gasteiger partial charge is 0.465 e. The number of hydrogen-bond acceptors (Lipinski definition) is 5. The minimum Gasteiger partial charge on any atom is -0.465 e. The van der Waals surface area contributed by atoms with Gasteiger partial charge in [-0.3, -0.25) is 4.79 Å². The van der Waals surface area contributed by atoms with Crippen molar-refractivity contribution in [2.75, 3.05) is 13.7 Å². The number of rotatable bonds is 5. The van der Waals surface area contributed by atoms with Crippen LogP contribution in [0.3, 0.4) is 0 Å². The highest BCUT2D eigenvalue weighted by Gasteiger charge is 2.23. The van der Waals surface area contributed by atoms with Gasteiger partial charge in [-0.2, -0.15) is 0 Å². The highest BCUT2D eigenvalue weighted by molar-refractivity contribution is 9.10. The van der Waals surface area contributed by atoms with Crippen LogP contribution < -0.4 is 5.56 Å². The number of hydrogen-bond donors (Lipinski definition) is 0. The number of imidazole rings is 1. The zero-order chi connectivity index (χ0) is 19.8. The maximum atomic E-state index is 13.9. The maximum absolute atomic E-state index is 13.9. The predicted molar refractivity (Wildman–Crippen MR) is 103 cm³/mol. The van der Waals surface area contributed by atoms with Crippen LogP contribution in [0.4, 0.5) is 4.39 Å². The molecule has 4 rings (SSSR count). The third-order valence-corrected chi connectivity index (χ3v) is 5.38. The van der Waals surface area contributed by atoms with Crippen molar-refractivity contribution < 1.29 is 18.7 Å². The molecule has 3 heterocycles. The van der Waals surface area contributed by atoms with Crippen molar-refractivity contribution in [1.82, 2.24) is 14.1 Å². The SMILES string of the molecule is COC(=O)c1ccc2nc(Cn3cc(F)c(Br)cc3=O)n(C[C@@H]3CCO3)c2c1. The Hall–Kier alpha value is -2.52. The van der Waals surface area contributed by atoms with Gasteiger partial charge in [0, 0.05) is 18.9 Å². The van der Waals surface area contributed by atoms with Gasteiger partial charge in [0.05, 0.1) is 47.4 Å². The molecule has 0 amide bonds. The molecule has 0 spiro atoms. The van der Waals surface area contributed by atoms with Crippen molar-refractivity contribution >= 4 is 32.9 Å². The molecule has 1 aromatic carbocycles. The lowest BCUT2D eigenvalue weighted by molar-refractivity contribution is -0.0590. The van der Waals surface area contributed by atoms with Gasteiger partial charge in [0.25, 0.3) is 5.56 Å². The molecule has 1 fully saturated rings. The second kappa shape index (κ2) is 7.48. The van der Waals surface area contributed by atoms with E-state index in [0.29, 0.717) is 30.1 Å². The lowest BCUT2D eigenvalue weighted by Gasteiger charge is -2.27. The fraction of sp³-hybridized carbons (Fsp3) is 0.316. The van der Waals surface area contributed by atoms with Crippen LogP contribution in [0.25, 0.3) is 11.0 Å². The van der Waals surface area contributed by atoms with Crippen LogP contribution in [0.2, 0.25) is 0 Å². The van der Waals surface area contributed by atoms with Gasteiger partial charge >= 0.3 is 5.97 Å². The molecule has 0 saturated carbocycles. The van der Waals surface area contributed by atoms with E-state index in [9.17, 15) is 14.0 Å². The summed E-state index contributed by atoms with van der Waals surface area (Å²) in [5.41, 5.74) is 1.47. The average Bonchev–Trinajstić information content (AvgIpc) is 2.98. The number of fused-ring (bicyclic) bond motifs is 1. The molecule has 1 aliphatic heterocycles. The Bertz CT molecular complexity index is 1120. The van der Waals surface area contributed by atoms with Gasteiger partial charge in [-0.15, -0.1) is 0 Å². The Morgan fingerprint density at radius 1 is 1.43 bits per heavy atom. The van der Waals surface area contributed by atoms with Crippen LogP contribution in [-0.4, -0.2) is 39.9 Å². The van der Waals surface area contributed by atoms with Crippen molar-refractivity contribution in [2.24, 2.45) is 0 Å². The third kappa shape index (κ3) is 3.47. The molecule has 9 heteroatoms. The van der Waals surface area contributed by atoms with E-state index in [1.54, 1.807) is 18.2 Å². The summed E-state index contributed by atoms with van der Waals surface area (Å²) in [6, 6.07) is 6.27. The second-order valence-corrected chi connectivity index (χ2v) is 7.40. The normalized spacial score (nSPS) is 16.2. The molecule has 0 N–H and O–H groups in total. The molecule has 146 valence electrons. The van der Waals surface area contributed by atoms with Crippen LogP contribution >= 0.6 is 15.9 Å². The summed E-state index contributed by atoms with van der Waals surface area (Å²) in [7, 11) is 1.33. The predicted octanol–water partition coefficient (Wildman–Crippen LogP) is 2.72. The van der Waals surface area contributed by atoms with Crippen molar-refractivity contribution in [2.45, 2.75) is 25.6 Å². The van der Waals surface area contributed by atoms with Gasteiger partial charge < -0.3 is 18.6 Å². The van der Waals surface area contributed by atoms with Crippen molar-refractivity contribution in [3.05, 3.63) is 62.5 Å². The van der Waals surface area contributed by atoms with E-state index in [1.807, 2.05) is 4.57 Å². The maximum Gasteiger partial charge on any atom is 0.337 e. The Balaban J connectivity index is 1.80. The summed E-state index contributed by atoms with van der Waals surface area (Å²) in [5.74, 6) is -0.392. The van der Waals surface area contributed by atoms with Crippen molar-refractivity contribution in [3.63, 3.8) is 0 Å². The number of carbonyl (C=O) groups is 1. The highest BCUT2D eigenvalue weighted by atomic mass is 79.9. The molecule has 0 unspecified atom stereocenters. The highest BCUT2D eigenvalue weighted by Crippen LogP contribution is 2.23. The Morgan fingerprint density at radius 2 is 2.21 bits per heavy atom. The van der Waals surface area contributed by atoms with Gasteiger partial charge in [0.1, 0.15) is 5.82 Å². The van der Waals surface area contributed by atoms with Crippen LogP contribution in [0.1, 0.15) is 22.6 Å². The number of aromatic nitrogens is 3. The Morgan fingerprint density at radius 3 is 2.89 bits per heavy atom. The summed E-state index contributed by atoms with van der Waals surface area (Å²) >= 11 is 3.02. The smallest absolute Gasteiger partial charge is 0.337 e. The molecule has 7 nitrogen and oxygen atoms in total. The van der Waals surface area contributed by atoms with Crippen LogP contribution in [0.5, 0.6) is 0 Å². The number of ether oxygens (including phenoxy) is 2. The van der Waals surface area contributed by atoms with Crippen LogP contribution in [0, 0.1) is 5.82 Å². The van der Waals surface area contributed by atoms with Crippen molar-refractivity contribution in [1.29, 1.82) is 0 Å². The van der Waals surface area contributed by atoms with E-state index in [0.717, 1.165) is 18.1 Å². The summed E-state index contributed by atoms with van der Waals surface area (Å²) in [5, 5.41) is 0. The van der Waals surface area contributed by atoms with E-state index >= 15 is 0 Å². The summed E-state index contributed by atoms with van der Waals surface area (Å²) in [4.78, 5) is 28.7. The first-order chi connectivity index (χ1) is 13.5. The zero-order valence-electron chi connectivity index (χ0n) is 15.0. The summed E-state index contributed by atoms with van der Waals surface area (Å²) in [6.07, 6.45) is 2.11. The minimum absolute atomic E-state index is 0.0382. The number of methoxy groups -OCH3 is 1. The van der Waals surface area contributed by atoms with E-state index in [-0.39, 0.29) is 22.7 Å². The molecular weight excluding hydrogens is 433 g/mol. The third-order valence-electron chi connectivity index (χ3n) is 4.77. The van der Waals surface area contributed by atoms with E-state index in [2.05, 4.69) is 20.9 Å². The molecule has 1 atom stereocenters. The molecule has 3 aromatic rings. The van der Waals surface area contributed by atoms with Crippen LogP contribution in [-0.2, 0) is 22.6 Å². The molecular formula is C19H17BrFN3O4. The standard InChI is InChI=1S/C19H17BrFN3O4/c1-27-19(26)11-2-3-15-16(6-11)24(8-12-4-5-28-12)17(22-15)10-23-9-14(21)13(20)7-18(23)25/h2-3,6-7,9,12H,4-5,8,10H2,1H3/t12-/m0/s1. The topological polar surface area (TPSA) is 75.4 Å². The fourth-order valence-electron chi connectivity index (χ4n) is 3.17. The molecule has 0 aliphatic carbocycles. The second-order valence-electron chi connectivity index (χ2n) is 6.55. The first-order valence-corrected chi connectivity index (χ1v) is 9.50. The summed E-state index contributed by atoms with van der Waals surface area (Å²) in [6.45, 7) is 1.33. The number of nitrogens with zero attached hydrogens (tertiary/aromatic N) is 3. The van der Waals surface area contributed by atoms with Gasteiger partial charge in [-0.05, 0) is 40.5 Å². The van der Waals surface area contributed by atoms with Gasteiger partial charge in [-0.1, -0.05) is 0 Å². The molecule has 28 heavy (non-hydrogen) atoms. The van der Waals surface area contributed by atoms with E-state index < -0.39 is 11.8 Å². The molecule has 2 aromatic heterocycles. The van der Waals surface area contributed by atoms with Gasteiger partial charge in [-0.25, -0.2) is 14.2 Å². The van der Waals surface area contributed by atoms with Crippen LogP contribution in [0.15, 0.2) is 39.7 Å². The zero-order valence-corrected chi connectivity index (χ0v) is 16.6. The number of benzene rings is 1. The fourth-order valence-corrected chi connectivity index (χ4v) is 3.47. The Labute approximate surface area is 167 Å². The summed E-state index contributed by atoms with van der Waals surface area (Å²) < 4.78 is 27.6. The van der Waals surface area contributed by atoms with E-state index in [4.69, 9.17) is 9.47 Å². The van der Waals surface area contributed by atoms with Gasteiger partial charge in [0.15, 0.2) is 5.82 Å². The lowest BCUT2D eigenvalue weighted by Crippen LogP contribution is -2.32. The number of esters is 1. The molecule has 0 radical (unpaired) electrons. The average molecular weight is 450 g/mol. The quantitative estimate of drug-likeness (QED) is 0.559. The van der Waals surface area contributed by atoms with E-state index in [1.165, 1.54) is 17.7 Å². The van der Waals surface area contributed by atoms with Crippen molar-refractivity contribution in [3.8, 4) is 0 Å². The monoisotopic (exact) mass is 449 g/mol. The Kier molecular flexibility index (Phi) is 5.03. The minimum atomic E-state index is -0.530. The van der Waals surface area contributed by atoms with Gasteiger partial charge in [0.2, 0.25) is 0 Å². The first-order valence-electron chi connectivity index (χ1n) is 8.71. The molecule has 1 saturated heterocycles. The lowest BCUT2D eigenvalue weighted by atomic mass is 10.1. The number of pyridine rings is 1.